The first-order valence-electron chi connectivity index (χ1n) is 4.93. The van der Waals surface area contributed by atoms with Crippen molar-refractivity contribution in [3.8, 4) is 0 Å². The number of rotatable bonds is 5. The molecule has 0 heterocycles. The summed E-state index contributed by atoms with van der Waals surface area (Å²) in [5, 5.41) is 0. The molecule has 0 aromatic heterocycles. The zero-order chi connectivity index (χ0) is 9.78. The first kappa shape index (κ1) is 12.2. The van der Waals surface area contributed by atoms with Crippen molar-refractivity contribution < 1.29 is 4.57 Å². The zero-order valence-electron chi connectivity index (χ0n) is 9.13. The fraction of sp³-hybridized carbons (Fsp3) is 1.00. The van der Waals surface area contributed by atoms with Gasteiger partial charge in [0.2, 0.25) is 0 Å². The maximum Gasteiger partial charge on any atom is 0.0853 e. The van der Waals surface area contributed by atoms with E-state index in [1.54, 1.807) is 0 Å². The van der Waals surface area contributed by atoms with Crippen LogP contribution in [-0.2, 0) is 4.57 Å². The van der Waals surface area contributed by atoms with E-state index in [1.165, 1.54) is 0 Å². The molecular formula is C10H23OP. The van der Waals surface area contributed by atoms with Gasteiger partial charge in [-0.15, -0.1) is 0 Å². The molecule has 0 aromatic carbocycles. The molecule has 0 rings (SSSR count). The highest BCUT2D eigenvalue weighted by molar-refractivity contribution is 7.63. The second kappa shape index (κ2) is 5.07. The largest absolute Gasteiger partial charge is 0.324 e. The molecule has 0 radical (unpaired) electrons. The van der Waals surface area contributed by atoms with Crippen LogP contribution < -0.4 is 0 Å². The van der Waals surface area contributed by atoms with Gasteiger partial charge in [-0.1, -0.05) is 34.1 Å². The lowest BCUT2D eigenvalue weighted by atomic mass is 10.2. The normalized spacial score (nSPS) is 19.2. The van der Waals surface area contributed by atoms with Crippen molar-refractivity contribution >= 4 is 7.14 Å². The van der Waals surface area contributed by atoms with Gasteiger partial charge in [0.05, 0.1) is 7.14 Å². The Morgan fingerprint density at radius 1 is 1.17 bits per heavy atom. The topological polar surface area (TPSA) is 17.1 Å². The van der Waals surface area contributed by atoms with Crippen LogP contribution in [0, 0.1) is 11.8 Å². The van der Waals surface area contributed by atoms with E-state index in [9.17, 15) is 4.57 Å². The molecule has 0 fully saturated rings. The van der Waals surface area contributed by atoms with Crippen molar-refractivity contribution in [3.63, 3.8) is 0 Å². The second-order valence-electron chi connectivity index (χ2n) is 4.57. The molecule has 0 bridgehead atoms. The Bertz CT molecular complexity index is 163. The average Bonchev–Trinajstić information content (AvgIpc) is 1.83. The third kappa shape index (κ3) is 5.83. The molecule has 0 amide bonds. The van der Waals surface area contributed by atoms with Gasteiger partial charge in [-0.05, 0) is 18.5 Å². The highest BCUT2D eigenvalue weighted by Crippen LogP contribution is 2.45. The molecule has 2 heteroatoms. The molecule has 0 saturated carbocycles. The van der Waals surface area contributed by atoms with Crippen molar-refractivity contribution in [1.29, 1.82) is 0 Å². The van der Waals surface area contributed by atoms with Crippen LogP contribution in [0.2, 0.25) is 0 Å². The average molecular weight is 190 g/mol. The van der Waals surface area contributed by atoms with Gasteiger partial charge in [-0.3, -0.25) is 0 Å². The molecular weight excluding hydrogens is 167 g/mol. The first-order valence-corrected chi connectivity index (χ1v) is 7.45. The van der Waals surface area contributed by atoms with E-state index in [2.05, 4.69) is 27.7 Å². The van der Waals surface area contributed by atoms with Crippen LogP contribution >= 0.6 is 7.14 Å². The molecule has 0 aliphatic carbocycles. The van der Waals surface area contributed by atoms with E-state index in [4.69, 9.17) is 0 Å². The fourth-order valence-corrected chi connectivity index (χ4v) is 4.91. The molecule has 0 N–H and O–H groups in total. The summed E-state index contributed by atoms with van der Waals surface area (Å²) in [5.41, 5.74) is 0. The minimum Gasteiger partial charge on any atom is -0.324 e. The lowest BCUT2D eigenvalue weighted by Gasteiger charge is -2.18. The minimum absolute atomic E-state index is 0.574. The van der Waals surface area contributed by atoms with E-state index in [0.29, 0.717) is 11.8 Å². The molecule has 12 heavy (non-hydrogen) atoms. The smallest absolute Gasteiger partial charge is 0.0853 e. The standard InChI is InChI=1S/C10H23OP/c1-6-10(4)8-12(5,11)7-9(2)3/h9-10H,6-8H2,1-5H3/t10-,12+/m0/s1. The van der Waals surface area contributed by atoms with Crippen molar-refractivity contribution in [3.05, 3.63) is 0 Å². The van der Waals surface area contributed by atoms with E-state index < -0.39 is 7.14 Å². The molecule has 0 saturated heterocycles. The molecule has 0 spiro atoms. The Kier molecular flexibility index (Phi) is 5.16. The van der Waals surface area contributed by atoms with Crippen LogP contribution in [0.25, 0.3) is 0 Å². The second-order valence-corrected chi connectivity index (χ2v) is 7.89. The predicted molar refractivity (Wildman–Crippen MR) is 57.6 cm³/mol. The maximum absolute atomic E-state index is 12.0. The van der Waals surface area contributed by atoms with E-state index >= 15 is 0 Å². The van der Waals surface area contributed by atoms with E-state index in [0.717, 1.165) is 18.7 Å². The van der Waals surface area contributed by atoms with Crippen LogP contribution in [0.5, 0.6) is 0 Å². The highest BCUT2D eigenvalue weighted by atomic mass is 31.2. The summed E-state index contributed by atoms with van der Waals surface area (Å²) >= 11 is 0. The van der Waals surface area contributed by atoms with Crippen molar-refractivity contribution in [2.75, 3.05) is 19.0 Å². The lowest BCUT2D eigenvalue weighted by Crippen LogP contribution is -2.06. The van der Waals surface area contributed by atoms with Gasteiger partial charge < -0.3 is 4.57 Å². The molecule has 1 nitrogen and oxygen atoms in total. The van der Waals surface area contributed by atoms with Crippen molar-refractivity contribution in [1.82, 2.24) is 0 Å². The Morgan fingerprint density at radius 2 is 1.67 bits per heavy atom. The number of hydrogen-bond donors (Lipinski definition) is 0. The van der Waals surface area contributed by atoms with Gasteiger partial charge in [0.25, 0.3) is 0 Å². The molecule has 0 aromatic rings. The van der Waals surface area contributed by atoms with Gasteiger partial charge in [0, 0.05) is 12.3 Å². The van der Waals surface area contributed by atoms with Crippen LogP contribution in [0.4, 0.5) is 0 Å². The summed E-state index contributed by atoms with van der Waals surface area (Å²) in [6, 6.07) is 0. The first-order chi connectivity index (χ1) is 5.37. The summed E-state index contributed by atoms with van der Waals surface area (Å²) in [5.74, 6) is 1.20. The molecule has 0 unspecified atom stereocenters. The Morgan fingerprint density at radius 3 is 2.00 bits per heavy atom. The van der Waals surface area contributed by atoms with Crippen LogP contribution in [0.3, 0.4) is 0 Å². The Labute approximate surface area is 77.3 Å². The summed E-state index contributed by atoms with van der Waals surface area (Å²) in [6.45, 7) is 10.6. The van der Waals surface area contributed by atoms with E-state index in [1.807, 2.05) is 6.66 Å². The van der Waals surface area contributed by atoms with Crippen molar-refractivity contribution in [2.24, 2.45) is 11.8 Å². The summed E-state index contributed by atoms with van der Waals surface area (Å²) in [6.07, 6.45) is 2.99. The summed E-state index contributed by atoms with van der Waals surface area (Å²) in [7, 11) is -1.82. The van der Waals surface area contributed by atoms with Gasteiger partial charge >= 0.3 is 0 Å². The van der Waals surface area contributed by atoms with E-state index in [-0.39, 0.29) is 0 Å². The quantitative estimate of drug-likeness (QED) is 0.604. The molecule has 0 aliphatic rings. The monoisotopic (exact) mass is 190 g/mol. The van der Waals surface area contributed by atoms with Gasteiger partial charge in [-0.2, -0.15) is 0 Å². The van der Waals surface area contributed by atoms with Crippen molar-refractivity contribution in [2.45, 2.75) is 34.1 Å². The zero-order valence-corrected chi connectivity index (χ0v) is 10.0. The summed E-state index contributed by atoms with van der Waals surface area (Å²) < 4.78 is 12.0. The lowest BCUT2D eigenvalue weighted by molar-refractivity contribution is 0.549. The van der Waals surface area contributed by atoms with Crippen LogP contribution in [0.1, 0.15) is 34.1 Å². The third-order valence-corrected chi connectivity index (χ3v) is 5.04. The highest BCUT2D eigenvalue weighted by Gasteiger charge is 2.19. The molecule has 2 atom stereocenters. The Hall–Kier alpha value is 0.230. The van der Waals surface area contributed by atoms with Gasteiger partial charge in [0.1, 0.15) is 0 Å². The van der Waals surface area contributed by atoms with Crippen LogP contribution in [0.15, 0.2) is 0 Å². The third-order valence-electron chi connectivity index (χ3n) is 2.15. The minimum atomic E-state index is -1.82. The SMILES string of the molecule is CC[C@H](C)C[P@](C)(=O)CC(C)C. The predicted octanol–water partition coefficient (Wildman–Crippen LogP) is 3.68. The molecule has 0 aliphatic heterocycles. The van der Waals surface area contributed by atoms with Gasteiger partial charge in [0.15, 0.2) is 0 Å². The maximum atomic E-state index is 12.0. The summed E-state index contributed by atoms with van der Waals surface area (Å²) in [4.78, 5) is 0. The van der Waals surface area contributed by atoms with Gasteiger partial charge in [-0.25, -0.2) is 0 Å². The molecule has 74 valence electrons. The number of hydrogen-bond acceptors (Lipinski definition) is 1. The Balaban J connectivity index is 3.95. The fourth-order valence-electron chi connectivity index (χ4n) is 1.64. The van der Waals surface area contributed by atoms with Crippen LogP contribution in [-0.4, -0.2) is 19.0 Å².